The molecule has 0 bridgehead atoms. The van der Waals surface area contributed by atoms with Crippen LogP contribution in [0.4, 0.5) is 5.13 Å². The van der Waals surface area contributed by atoms with Crippen molar-refractivity contribution in [2.45, 2.75) is 51.9 Å². The van der Waals surface area contributed by atoms with E-state index < -0.39 is 0 Å². The Labute approximate surface area is 155 Å². The van der Waals surface area contributed by atoms with Gasteiger partial charge in [0.2, 0.25) is 11.0 Å². The van der Waals surface area contributed by atoms with E-state index in [2.05, 4.69) is 33.5 Å². The highest BCUT2D eigenvalue weighted by Crippen LogP contribution is 2.23. The Bertz CT molecular complexity index is 794. The van der Waals surface area contributed by atoms with Crippen LogP contribution in [0.3, 0.4) is 0 Å². The van der Waals surface area contributed by atoms with Crippen LogP contribution in [-0.4, -0.2) is 21.1 Å². The molecule has 1 N–H and O–H groups in total. The van der Waals surface area contributed by atoms with Crippen LogP contribution in [0.15, 0.2) is 24.3 Å². The summed E-state index contributed by atoms with van der Waals surface area (Å²) in [5.41, 5.74) is 1.04. The quantitative estimate of drug-likeness (QED) is 0.544. The van der Waals surface area contributed by atoms with Gasteiger partial charge in [0.1, 0.15) is 5.01 Å². The molecule has 0 aliphatic heterocycles. The molecule has 2 aromatic heterocycles. The average Bonchev–Trinajstić information content (AvgIpc) is 3.21. The molecule has 0 fully saturated rings. The standard InChI is InChI=1S/C18H22N4OS2/c1-2-3-4-11-17-21-22-18(25-17)20-15(23)10-7-12-16-19-13-8-5-6-9-14(13)24-16/h5-6,8-9H,2-4,7,10-12H2,1H3,(H,20,22,23). The van der Waals surface area contributed by atoms with Crippen molar-refractivity contribution in [1.82, 2.24) is 15.2 Å². The van der Waals surface area contributed by atoms with Gasteiger partial charge in [0.15, 0.2) is 0 Å². The van der Waals surface area contributed by atoms with E-state index in [1.165, 1.54) is 28.9 Å². The summed E-state index contributed by atoms with van der Waals surface area (Å²) in [6.45, 7) is 2.18. The SMILES string of the molecule is CCCCCc1nnc(NC(=O)CCCc2nc3ccccc3s2)s1. The highest BCUT2D eigenvalue weighted by molar-refractivity contribution is 7.18. The molecule has 0 aliphatic rings. The first-order chi connectivity index (χ1) is 12.2. The third-order valence-corrected chi connectivity index (χ3v) is 5.83. The van der Waals surface area contributed by atoms with Crippen LogP contribution >= 0.6 is 22.7 Å². The molecule has 1 aromatic carbocycles. The lowest BCUT2D eigenvalue weighted by molar-refractivity contribution is -0.116. The summed E-state index contributed by atoms with van der Waals surface area (Å²) in [4.78, 5) is 16.7. The summed E-state index contributed by atoms with van der Waals surface area (Å²) in [7, 11) is 0. The Balaban J connectivity index is 1.42. The monoisotopic (exact) mass is 374 g/mol. The van der Waals surface area contributed by atoms with Gasteiger partial charge in [0.05, 0.1) is 15.2 Å². The first-order valence-corrected chi connectivity index (χ1v) is 10.3. The number of amides is 1. The molecule has 25 heavy (non-hydrogen) atoms. The molecule has 1 amide bonds. The number of unbranched alkanes of at least 4 members (excludes halogenated alkanes) is 2. The van der Waals surface area contributed by atoms with E-state index in [0.29, 0.717) is 11.6 Å². The summed E-state index contributed by atoms with van der Waals surface area (Å²) in [5, 5.41) is 13.7. The third kappa shape index (κ3) is 5.31. The second-order valence-corrected chi connectivity index (χ2v) is 8.11. The minimum Gasteiger partial charge on any atom is -0.301 e. The predicted octanol–water partition coefficient (Wildman–Crippen LogP) is 4.84. The van der Waals surface area contributed by atoms with Crippen LogP contribution in [0.1, 0.15) is 49.0 Å². The molecule has 3 rings (SSSR count). The van der Waals surface area contributed by atoms with Crippen molar-refractivity contribution < 1.29 is 4.79 Å². The van der Waals surface area contributed by atoms with Crippen LogP contribution in [-0.2, 0) is 17.6 Å². The van der Waals surface area contributed by atoms with Gasteiger partial charge in [-0.2, -0.15) is 0 Å². The molecule has 2 heterocycles. The van der Waals surface area contributed by atoms with Crippen molar-refractivity contribution in [2.75, 3.05) is 5.32 Å². The van der Waals surface area contributed by atoms with Crippen molar-refractivity contribution in [3.63, 3.8) is 0 Å². The number of hydrogen-bond donors (Lipinski definition) is 1. The molecule has 3 aromatic rings. The van der Waals surface area contributed by atoms with Crippen molar-refractivity contribution in [3.05, 3.63) is 34.3 Å². The van der Waals surface area contributed by atoms with Gasteiger partial charge in [-0.1, -0.05) is 43.2 Å². The lowest BCUT2D eigenvalue weighted by atomic mass is 10.2. The Morgan fingerprint density at radius 1 is 1.04 bits per heavy atom. The van der Waals surface area contributed by atoms with E-state index >= 15 is 0 Å². The number of aryl methyl sites for hydroxylation is 2. The van der Waals surface area contributed by atoms with Crippen LogP contribution in [0.25, 0.3) is 10.2 Å². The molecule has 0 aliphatic carbocycles. The second kappa shape index (κ2) is 9.01. The Morgan fingerprint density at radius 2 is 1.88 bits per heavy atom. The van der Waals surface area contributed by atoms with Crippen molar-refractivity contribution in [3.8, 4) is 0 Å². The second-order valence-electron chi connectivity index (χ2n) is 5.94. The molecular formula is C18H22N4OS2. The van der Waals surface area contributed by atoms with Gasteiger partial charge in [0.25, 0.3) is 0 Å². The number of fused-ring (bicyclic) bond motifs is 1. The number of carbonyl (C=O) groups excluding carboxylic acids is 1. The van der Waals surface area contributed by atoms with Gasteiger partial charge in [-0.3, -0.25) is 4.79 Å². The van der Waals surface area contributed by atoms with E-state index in [9.17, 15) is 4.79 Å². The maximum Gasteiger partial charge on any atom is 0.226 e. The number of nitrogens with one attached hydrogen (secondary N) is 1. The first-order valence-electron chi connectivity index (χ1n) is 8.71. The molecule has 0 unspecified atom stereocenters. The van der Waals surface area contributed by atoms with Crippen molar-refractivity contribution in [2.24, 2.45) is 0 Å². The lowest BCUT2D eigenvalue weighted by Crippen LogP contribution is -2.11. The summed E-state index contributed by atoms with van der Waals surface area (Å²) in [6.07, 6.45) is 6.55. The van der Waals surface area contributed by atoms with Gasteiger partial charge >= 0.3 is 0 Å². The molecule has 0 saturated heterocycles. The summed E-state index contributed by atoms with van der Waals surface area (Å²) < 4.78 is 1.20. The molecular weight excluding hydrogens is 352 g/mol. The Hall–Kier alpha value is -1.86. The Morgan fingerprint density at radius 3 is 2.72 bits per heavy atom. The summed E-state index contributed by atoms with van der Waals surface area (Å²) >= 11 is 3.18. The molecule has 0 radical (unpaired) electrons. The number of nitrogens with zero attached hydrogens (tertiary/aromatic N) is 3. The van der Waals surface area contributed by atoms with Crippen LogP contribution in [0, 0.1) is 0 Å². The topological polar surface area (TPSA) is 67.8 Å². The minimum atomic E-state index is -0.00244. The van der Waals surface area contributed by atoms with Crippen LogP contribution in [0.5, 0.6) is 0 Å². The largest absolute Gasteiger partial charge is 0.301 e. The van der Waals surface area contributed by atoms with Crippen molar-refractivity contribution in [1.29, 1.82) is 0 Å². The number of aromatic nitrogens is 3. The number of anilines is 1. The fourth-order valence-electron chi connectivity index (χ4n) is 2.54. The minimum absolute atomic E-state index is 0.00244. The average molecular weight is 375 g/mol. The lowest BCUT2D eigenvalue weighted by Gasteiger charge is -1.99. The zero-order valence-corrected chi connectivity index (χ0v) is 16.0. The predicted molar refractivity (Wildman–Crippen MR) is 104 cm³/mol. The number of rotatable bonds is 9. The number of thiazole rings is 1. The van der Waals surface area contributed by atoms with Crippen LogP contribution in [0.2, 0.25) is 0 Å². The smallest absolute Gasteiger partial charge is 0.226 e. The fraction of sp³-hybridized carbons (Fsp3) is 0.444. The molecule has 7 heteroatoms. The maximum atomic E-state index is 12.1. The summed E-state index contributed by atoms with van der Waals surface area (Å²) in [6, 6.07) is 8.13. The molecule has 5 nitrogen and oxygen atoms in total. The van der Waals surface area contributed by atoms with E-state index in [1.807, 2.05) is 18.2 Å². The first kappa shape index (κ1) is 17.9. The fourth-order valence-corrected chi connectivity index (χ4v) is 4.35. The molecule has 0 spiro atoms. The Kier molecular flexibility index (Phi) is 6.47. The maximum absolute atomic E-state index is 12.1. The van der Waals surface area contributed by atoms with Crippen molar-refractivity contribution >= 4 is 43.9 Å². The van der Waals surface area contributed by atoms with Crippen LogP contribution < -0.4 is 5.32 Å². The zero-order chi connectivity index (χ0) is 17.5. The van der Waals surface area contributed by atoms with Gasteiger partial charge < -0.3 is 5.32 Å². The molecule has 0 atom stereocenters. The van der Waals surface area contributed by atoms with Gasteiger partial charge in [0, 0.05) is 12.8 Å². The highest BCUT2D eigenvalue weighted by Gasteiger charge is 2.09. The van der Waals surface area contributed by atoms with E-state index in [1.54, 1.807) is 11.3 Å². The van der Waals surface area contributed by atoms with E-state index in [0.717, 1.165) is 41.2 Å². The molecule has 132 valence electrons. The van der Waals surface area contributed by atoms with E-state index in [4.69, 9.17) is 0 Å². The van der Waals surface area contributed by atoms with E-state index in [-0.39, 0.29) is 5.91 Å². The van der Waals surface area contributed by atoms with Gasteiger partial charge in [-0.05, 0) is 31.4 Å². The number of hydrogen-bond acceptors (Lipinski definition) is 6. The number of para-hydroxylation sites is 1. The summed E-state index contributed by atoms with van der Waals surface area (Å²) in [5.74, 6) is -0.00244. The number of carbonyl (C=O) groups is 1. The third-order valence-electron chi connectivity index (χ3n) is 3.84. The normalized spacial score (nSPS) is 11.1. The number of benzene rings is 1. The van der Waals surface area contributed by atoms with Gasteiger partial charge in [-0.15, -0.1) is 21.5 Å². The molecule has 0 saturated carbocycles. The van der Waals surface area contributed by atoms with Gasteiger partial charge in [-0.25, -0.2) is 4.98 Å². The zero-order valence-electron chi connectivity index (χ0n) is 14.3. The highest BCUT2D eigenvalue weighted by atomic mass is 32.1.